The third kappa shape index (κ3) is 4.67. The summed E-state index contributed by atoms with van der Waals surface area (Å²) in [6.45, 7) is 0.421. The summed E-state index contributed by atoms with van der Waals surface area (Å²) in [4.78, 5) is 20.8. The van der Waals surface area contributed by atoms with Crippen LogP contribution in [-0.4, -0.2) is 29.2 Å². The zero-order chi connectivity index (χ0) is 21.1. The van der Waals surface area contributed by atoms with E-state index in [0.717, 1.165) is 11.3 Å². The minimum absolute atomic E-state index is 0.144. The van der Waals surface area contributed by atoms with Gasteiger partial charge in [-0.1, -0.05) is 58.7 Å². The SMILES string of the molecule is O=C(c1cccs1)N(Cc1ccccc1F)C[C@H]1CC(c2ccc(Cl)c(Cl)c2)=NO1. The molecule has 1 aliphatic heterocycles. The second-order valence-corrected chi connectivity index (χ2v) is 8.61. The number of hydrogen-bond donors (Lipinski definition) is 0. The van der Waals surface area contributed by atoms with Crippen molar-refractivity contribution in [1.29, 1.82) is 0 Å². The van der Waals surface area contributed by atoms with Gasteiger partial charge in [0.1, 0.15) is 5.82 Å². The number of carbonyl (C=O) groups excluding carboxylic acids is 1. The predicted molar refractivity (Wildman–Crippen MR) is 118 cm³/mol. The van der Waals surface area contributed by atoms with Crippen LogP contribution in [0.3, 0.4) is 0 Å². The van der Waals surface area contributed by atoms with E-state index in [1.807, 2.05) is 17.5 Å². The van der Waals surface area contributed by atoms with Crippen molar-refractivity contribution in [2.24, 2.45) is 5.16 Å². The maximum atomic E-state index is 14.2. The van der Waals surface area contributed by atoms with Gasteiger partial charge in [0.2, 0.25) is 0 Å². The maximum absolute atomic E-state index is 14.2. The van der Waals surface area contributed by atoms with Gasteiger partial charge in [-0.2, -0.15) is 0 Å². The number of benzene rings is 2. The van der Waals surface area contributed by atoms with E-state index in [2.05, 4.69) is 5.16 Å². The van der Waals surface area contributed by atoms with Crippen LogP contribution < -0.4 is 0 Å². The molecule has 1 aliphatic rings. The van der Waals surface area contributed by atoms with Crippen molar-refractivity contribution in [3.8, 4) is 0 Å². The lowest BCUT2D eigenvalue weighted by Gasteiger charge is -2.24. The Balaban J connectivity index is 1.50. The molecule has 0 saturated heterocycles. The van der Waals surface area contributed by atoms with Crippen LogP contribution in [0.4, 0.5) is 4.39 Å². The normalized spacial score (nSPS) is 15.6. The van der Waals surface area contributed by atoms with Gasteiger partial charge in [-0.15, -0.1) is 11.3 Å². The Morgan fingerprint density at radius 3 is 2.73 bits per heavy atom. The third-order valence-electron chi connectivity index (χ3n) is 4.75. The number of rotatable bonds is 6. The molecule has 2 heterocycles. The van der Waals surface area contributed by atoms with Crippen LogP contribution in [0.25, 0.3) is 0 Å². The fourth-order valence-corrected chi connectivity index (χ4v) is 4.21. The summed E-state index contributed by atoms with van der Waals surface area (Å²) < 4.78 is 14.2. The lowest BCUT2D eigenvalue weighted by Crippen LogP contribution is -2.37. The van der Waals surface area contributed by atoms with E-state index in [1.54, 1.807) is 41.3 Å². The van der Waals surface area contributed by atoms with Crippen molar-refractivity contribution >= 4 is 46.2 Å². The molecule has 4 nitrogen and oxygen atoms in total. The Hall–Kier alpha value is -2.41. The van der Waals surface area contributed by atoms with Crippen molar-refractivity contribution in [1.82, 2.24) is 4.90 Å². The highest BCUT2D eigenvalue weighted by molar-refractivity contribution is 7.12. The molecule has 1 amide bonds. The summed E-state index contributed by atoms with van der Waals surface area (Å²) >= 11 is 13.4. The van der Waals surface area contributed by atoms with Crippen molar-refractivity contribution in [2.45, 2.75) is 19.1 Å². The molecule has 3 aromatic rings. The van der Waals surface area contributed by atoms with Gasteiger partial charge in [-0.05, 0) is 29.6 Å². The minimum Gasteiger partial charge on any atom is -0.390 e. The molecule has 1 aromatic heterocycles. The van der Waals surface area contributed by atoms with Gasteiger partial charge >= 0.3 is 0 Å². The molecule has 0 bridgehead atoms. The zero-order valence-electron chi connectivity index (χ0n) is 15.7. The van der Waals surface area contributed by atoms with Crippen molar-refractivity contribution in [3.63, 3.8) is 0 Å². The van der Waals surface area contributed by atoms with Crippen LogP contribution in [0.15, 0.2) is 65.1 Å². The molecule has 154 valence electrons. The molecule has 1 atom stereocenters. The van der Waals surface area contributed by atoms with Crippen molar-refractivity contribution in [3.05, 3.63) is 91.8 Å². The summed E-state index contributed by atoms with van der Waals surface area (Å²) in [5, 5.41) is 6.91. The molecule has 0 aliphatic carbocycles. The Morgan fingerprint density at radius 2 is 2.00 bits per heavy atom. The first kappa shape index (κ1) is 20.8. The summed E-state index contributed by atoms with van der Waals surface area (Å²) in [5.41, 5.74) is 2.00. The Labute approximate surface area is 187 Å². The first-order valence-corrected chi connectivity index (χ1v) is 10.9. The number of halogens is 3. The second kappa shape index (κ2) is 9.16. The van der Waals surface area contributed by atoms with Crippen molar-refractivity contribution in [2.75, 3.05) is 6.54 Å². The number of nitrogens with zero attached hydrogens (tertiary/aromatic N) is 2. The van der Waals surface area contributed by atoms with Crippen LogP contribution >= 0.6 is 34.5 Å². The molecule has 0 radical (unpaired) electrons. The number of carbonyl (C=O) groups is 1. The summed E-state index contributed by atoms with van der Waals surface area (Å²) in [6, 6.07) is 15.3. The molecule has 4 rings (SSSR count). The third-order valence-corrected chi connectivity index (χ3v) is 6.34. The summed E-state index contributed by atoms with van der Waals surface area (Å²) in [7, 11) is 0. The molecule has 8 heteroatoms. The number of hydrogen-bond acceptors (Lipinski definition) is 4. The van der Waals surface area contributed by atoms with Crippen LogP contribution in [-0.2, 0) is 11.4 Å². The first-order valence-electron chi connectivity index (χ1n) is 9.25. The predicted octanol–water partition coefficient (Wildman–Crippen LogP) is 6.03. The quantitative estimate of drug-likeness (QED) is 0.448. The van der Waals surface area contributed by atoms with E-state index in [0.29, 0.717) is 26.9 Å². The van der Waals surface area contributed by atoms with E-state index in [9.17, 15) is 9.18 Å². The number of amides is 1. The number of thiophene rings is 1. The largest absolute Gasteiger partial charge is 0.390 e. The molecule has 0 N–H and O–H groups in total. The smallest absolute Gasteiger partial charge is 0.264 e. The van der Waals surface area contributed by atoms with Gasteiger partial charge in [-0.25, -0.2) is 4.39 Å². The standard InChI is InChI=1S/C22H17Cl2FN2O2S/c23-17-8-7-14(10-18(17)24)20-11-16(29-26-20)13-27(22(28)21-6-3-9-30-21)12-15-4-1-2-5-19(15)25/h1-10,16H,11-13H2/t16-/m1/s1. The van der Waals surface area contributed by atoms with Crippen molar-refractivity contribution < 1.29 is 14.0 Å². The molecule has 0 unspecified atom stereocenters. The number of oxime groups is 1. The topological polar surface area (TPSA) is 41.9 Å². The average Bonchev–Trinajstić information content (AvgIpc) is 3.43. The van der Waals surface area contributed by atoms with Gasteiger partial charge in [0, 0.05) is 24.1 Å². The second-order valence-electron chi connectivity index (χ2n) is 6.85. The van der Waals surface area contributed by atoms with Gasteiger partial charge in [-0.3, -0.25) is 4.79 Å². The van der Waals surface area contributed by atoms with Gasteiger partial charge in [0.25, 0.3) is 5.91 Å². The molecule has 0 saturated carbocycles. The molecule has 30 heavy (non-hydrogen) atoms. The molecular formula is C22H17Cl2FN2O2S. The van der Waals surface area contributed by atoms with E-state index in [-0.39, 0.29) is 30.9 Å². The molecule has 0 fully saturated rings. The van der Waals surface area contributed by atoms with Crippen LogP contribution in [0.1, 0.15) is 27.2 Å². The lowest BCUT2D eigenvalue weighted by molar-refractivity contribution is 0.0406. The average molecular weight is 463 g/mol. The summed E-state index contributed by atoms with van der Waals surface area (Å²) in [5.74, 6) is -0.513. The fraction of sp³-hybridized carbons (Fsp3) is 0.182. The Bertz CT molecular complexity index is 1090. The molecular weight excluding hydrogens is 446 g/mol. The van der Waals surface area contributed by atoms with E-state index < -0.39 is 0 Å². The van der Waals surface area contributed by atoms with Crippen LogP contribution in [0.5, 0.6) is 0 Å². The van der Waals surface area contributed by atoms with Gasteiger partial charge < -0.3 is 9.74 Å². The lowest BCUT2D eigenvalue weighted by atomic mass is 10.0. The zero-order valence-corrected chi connectivity index (χ0v) is 18.1. The molecule has 2 aromatic carbocycles. The first-order chi connectivity index (χ1) is 14.5. The maximum Gasteiger partial charge on any atom is 0.264 e. The van der Waals surface area contributed by atoms with Crippen LogP contribution in [0, 0.1) is 5.82 Å². The van der Waals surface area contributed by atoms with Crippen LogP contribution in [0.2, 0.25) is 10.0 Å². The van der Waals surface area contributed by atoms with Gasteiger partial charge in [0.05, 0.1) is 27.2 Å². The summed E-state index contributed by atoms with van der Waals surface area (Å²) in [6.07, 6.45) is 0.161. The van der Waals surface area contributed by atoms with E-state index >= 15 is 0 Å². The van der Waals surface area contributed by atoms with Gasteiger partial charge in [0.15, 0.2) is 6.10 Å². The Kier molecular flexibility index (Phi) is 6.37. The minimum atomic E-state index is -0.346. The molecule has 0 spiro atoms. The fourth-order valence-electron chi connectivity index (χ4n) is 3.23. The Morgan fingerprint density at radius 1 is 1.17 bits per heavy atom. The highest BCUT2D eigenvalue weighted by atomic mass is 35.5. The van der Waals surface area contributed by atoms with E-state index in [4.69, 9.17) is 28.0 Å². The highest BCUT2D eigenvalue weighted by Gasteiger charge is 2.28. The monoisotopic (exact) mass is 462 g/mol. The highest BCUT2D eigenvalue weighted by Crippen LogP contribution is 2.26. The van der Waals surface area contributed by atoms with E-state index in [1.165, 1.54) is 17.4 Å².